The minimum Gasteiger partial charge on any atom is -0.487 e. The van der Waals surface area contributed by atoms with E-state index in [-0.39, 0.29) is 5.60 Å². The molecular weight excluding hydrogens is 312 g/mol. The lowest BCUT2D eigenvalue weighted by Crippen LogP contribution is -2.12. The van der Waals surface area contributed by atoms with E-state index in [4.69, 9.17) is 9.16 Å². The van der Waals surface area contributed by atoms with E-state index in [0.29, 0.717) is 6.61 Å². The van der Waals surface area contributed by atoms with Crippen LogP contribution in [0.1, 0.15) is 35.1 Å². The van der Waals surface area contributed by atoms with Gasteiger partial charge in [0.1, 0.15) is 11.4 Å². The van der Waals surface area contributed by atoms with Crippen molar-refractivity contribution in [3.05, 3.63) is 52.6 Å². The molecule has 1 radical (unpaired) electrons. The van der Waals surface area contributed by atoms with E-state index in [0.717, 1.165) is 12.2 Å². The summed E-state index contributed by atoms with van der Waals surface area (Å²) in [6, 6.07) is 11.1. The van der Waals surface area contributed by atoms with Crippen LogP contribution in [0.3, 0.4) is 0 Å². The van der Waals surface area contributed by atoms with E-state index in [1.165, 1.54) is 46.2 Å². The SMILES string of the molecule is Cc1cc2c(c(C)c1-c1cccc(CO[Si](C)C)c1)CC1(CC1)O2. The Balaban J connectivity index is 1.71. The number of rotatable bonds is 4. The predicted octanol–water partition coefficient (Wildman–Crippen LogP) is 5.21. The van der Waals surface area contributed by atoms with Gasteiger partial charge < -0.3 is 9.16 Å². The Morgan fingerprint density at radius 3 is 2.67 bits per heavy atom. The second-order valence-corrected chi connectivity index (χ2v) is 9.63. The molecule has 125 valence electrons. The first-order chi connectivity index (χ1) is 11.5. The van der Waals surface area contributed by atoms with Crippen LogP contribution in [0.5, 0.6) is 5.75 Å². The van der Waals surface area contributed by atoms with Gasteiger partial charge in [-0.3, -0.25) is 0 Å². The highest BCUT2D eigenvalue weighted by atomic mass is 28.3. The molecule has 4 rings (SSSR count). The van der Waals surface area contributed by atoms with Crippen molar-refractivity contribution >= 4 is 9.04 Å². The molecule has 2 nitrogen and oxygen atoms in total. The lowest BCUT2D eigenvalue weighted by atomic mass is 9.90. The molecule has 0 saturated heterocycles. The van der Waals surface area contributed by atoms with Gasteiger partial charge in [-0.25, -0.2) is 0 Å². The molecule has 1 aliphatic heterocycles. The van der Waals surface area contributed by atoms with E-state index in [2.05, 4.69) is 57.3 Å². The topological polar surface area (TPSA) is 18.5 Å². The van der Waals surface area contributed by atoms with Gasteiger partial charge in [0, 0.05) is 12.0 Å². The highest BCUT2D eigenvalue weighted by molar-refractivity contribution is 6.48. The van der Waals surface area contributed by atoms with Crippen molar-refractivity contribution < 1.29 is 9.16 Å². The molecule has 2 aromatic carbocycles. The minimum absolute atomic E-state index is 0.147. The maximum atomic E-state index is 6.23. The summed E-state index contributed by atoms with van der Waals surface area (Å²) in [7, 11) is -0.655. The summed E-state index contributed by atoms with van der Waals surface area (Å²) in [4.78, 5) is 0. The quantitative estimate of drug-likeness (QED) is 0.713. The highest BCUT2D eigenvalue weighted by Gasteiger charge is 2.50. The summed E-state index contributed by atoms with van der Waals surface area (Å²) in [6.45, 7) is 9.53. The van der Waals surface area contributed by atoms with Gasteiger partial charge >= 0.3 is 0 Å². The lowest BCUT2D eigenvalue weighted by molar-refractivity contribution is 0.211. The van der Waals surface area contributed by atoms with Crippen LogP contribution in [-0.4, -0.2) is 14.6 Å². The molecule has 1 spiro atoms. The molecule has 0 atom stereocenters. The molecule has 1 saturated carbocycles. The second-order valence-electron chi connectivity index (χ2n) is 7.53. The van der Waals surface area contributed by atoms with Crippen molar-refractivity contribution in [1.82, 2.24) is 0 Å². The third-order valence-corrected chi connectivity index (χ3v) is 5.96. The lowest BCUT2D eigenvalue weighted by Gasteiger charge is -2.15. The van der Waals surface area contributed by atoms with Crippen molar-refractivity contribution in [2.75, 3.05) is 0 Å². The zero-order valence-corrected chi connectivity index (χ0v) is 16.0. The minimum atomic E-state index is -0.655. The monoisotopic (exact) mass is 337 g/mol. The zero-order chi connectivity index (χ0) is 16.9. The van der Waals surface area contributed by atoms with Crippen molar-refractivity contribution in [3.8, 4) is 16.9 Å². The number of fused-ring (bicyclic) bond motifs is 1. The summed E-state index contributed by atoms with van der Waals surface area (Å²) in [5.41, 5.74) is 8.19. The summed E-state index contributed by atoms with van der Waals surface area (Å²) in [5.74, 6) is 1.12. The first-order valence-corrected chi connectivity index (χ1v) is 11.2. The van der Waals surface area contributed by atoms with Crippen molar-refractivity contribution in [2.24, 2.45) is 0 Å². The largest absolute Gasteiger partial charge is 0.487 e. The average molecular weight is 338 g/mol. The summed E-state index contributed by atoms with van der Waals surface area (Å²) < 4.78 is 12.1. The molecule has 24 heavy (non-hydrogen) atoms. The van der Waals surface area contributed by atoms with E-state index in [1.54, 1.807) is 0 Å². The first-order valence-electron chi connectivity index (χ1n) is 8.82. The van der Waals surface area contributed by atoms with E-state index < -0.39 is 9.04 Å². The van der Waals surface area contributed by atoms with Crippen LogP contribution in [0.4, 0.5) is 0 Å². The van der Waals surface area contributed by atoms with Gasteiger partial charge in [0.25, 0.3) is 0 Å². The number of aryl methyl sites for hydroxylation is 1. The van der Waals surface area contributed by atoms with Gasteiger partial charge in [-0.05, 0) is 79.7 Å². The summed E-state index contributed by atoms with van der Waals surface area (Å²) in [5, 5.41) is 0. The fraction of sp³-hybridized carbons (Fsp3) is 0.429. The van der Waals surface area contributed by atoms with Gasteiger partial charge in [0.05, 0.1) is 6.61 Å². The molecule has 3 heteroatoms. The molecule has 0 N–H and O–H groups in total. The summed E-state index contributed by atoms with van der Waals surface area (Å²) in [6.07, 6.45) is 3.50. The molecule has 2 aliphatic rings. The number of hydrogen-bond acceptors (Lipinski definition) is 2. The molecule has 0 unspecified atom stereocenters. The van der Waals surface area contributed by atoms with Gasteiger partial charge in [-0.2, -0.15) is 0 Å². The van der Waals surface area contributed by atoms with Crippen molar-refractivity contribution in [1.29, 1.82) is 0 Å². The number of hydrogen-bond donors (Lipinski definition) is 0. The second kappa shape index (κ2) is 5.75. The Morgan fingerprint density at radius 1 is 1.17 bits per heavy atom. The van der Waals surface area contributed by atoms with Crippen LogP contribution >= 0.6 is 0 Å². The smallest absolute Gasteiger partial charge is 0.205 e. The molecule has 0 bridgehead atoms. The molecule has 1 aliphatic carbocycles. The fourth-order valence-corrected chi connectivity index (χ4v) is 4.25. The Morgan fingerprint density at radius 2 is 1.96 bits per heavy atom. The Labute approximate surface area is 146 Å². The van der Waals surface area contributed by atoms with Crippen molar-refractivity contribution in [2.45, 2.75) is 58.4 Å². The van der Waals surface area contributed by atoms with Crippen LogP contribution in [0, 0.1) is 13.8 Å². The fourth-order valence-electron chi connectivity index (χ4n) is 3.80. The Kier molecular flexibility index (Phi) is 3.81. The van der Waals surface area contributed by atoms with Gasteiger partial charge in [0.15, 0.2) is 0 Å². The molecule has 0 amide bonds. The number of ether oxygens (including phenoxy) is 1. The Bertz CT molecular complexity index is 791. The normalized spacial score (nSPS) is 17.2. The third-order valence-electron chi connectivity index (χ3n) is 5.24. The molecule has 0 aromatic heterocycles. The first kappa shape index (κ1) is 15.9. The standard InChI is InChI=1S/C21H25O2Si/c1-14-10-19-18(12-21(23-19)8-9-21)15(2)20(14)17-7-5-6-16(11-17)13-22-24(3)4/h5-7,10-11H,8-9,12-13H2,1-4H3. The molecule has 1 heterocycles. The van der Waals surface area contributed by atoms with Crippen LogP contribution in [0.15, 0.2) is 30.3 Å². The highest BCUT2D eigenvalue weighted by Crippen LogP contribution is 2.52. The predicted molar refractivity (Wildman–Crippen MR) is 99.9 cm³/mol. The zero-order valence-electron chi connectivity index (χ0n) is 15.0. The van der Waals surface area contributed by atoms with Gasteiger partial charge in [-0.15, -0.1) is 0 Å². The van der Waals surface area contributed by atoms with Crippen LogP contribution in [-0.2, 0) is 17.5 Å². The van der Waals surface area contributed by atoms with Gasteiger partial charge in [0.2, 0.25) is 9.04 Å². The van der Waals surface area contributed by atoms with E-state index in [9.17, 15) is 0 Å². The van der Waals surface area contributed by atoms with E-state index >= 15 is 0 Å². The average Bonchev–Trinajstić information content (AvgIpc) is 3.18. The molecular formula is C21H25O2Si. The molecule has 1 fully saturated rings. The van der Waals surface area contributed by atoms with Crippen molar-refractivity contribution in [3.63, 3.8) is 0 Å². The maximum absolute atomic E-state index is 6.23. The molecule has 2 aromatic rings. The van der Waals surface area contributed by atoms with Gasteiger partial charge in [-0.1, -0.05) is 18.2 Å². The summed E-state index contributed by atoms with van der Waals surface area (Å²) >= 11 is 0. The van der Waals surface area contributed by atoms with Crippen LogP contribution in [0.2, 0.25) is 13.1 Å². The third kappa shape index (κ3) is 2.80. The van der Waals surface area contributed by atoms with Crippen LogP contribution in [0.25, 0.3) is 11.1 Å². The number of benzene rings is 2. The Hall–Kier alpha value is -1.58. The maximum Gasteiger partial charge on any atom is 0.205 e. The van der Waals surface area contributed by atoms with Crippen LogP contribution < -0.4 is 4.74 Å². The van der Waals surface area contributed by atoms with E-state index in [1.807, 2.05) is 0 Å².